The second kappa shape index (κ2) is 8.90. The van der Waals surface area contributed by atoms with Crippen LogP contribution in [0.25, 0.3) is 16.8 Å². The molecule has 2 aromatic heterocycles. The van der Waals surface area contributed by atoms with Gasteiger partial charge in [-0.25, -0.2) is 4.52 Å². The van der Waals surface area contributed by atoms with Crippen LogP contribution in [0.15, 0.2) is 36.4 Å². The molecule has 0 radical (unpaired) electrons. The fraction of sp³-hybridized carbons (Fsp3) is 0.280. The molecule has 0 saturated carbocycles. The van der Waals surface area contributed by atoms with Gasteiger partial charge in [-0.15, -0.1) is 10.2 Å². The summed E-state index contributed by atoms with van der Waals surface area (Å²) >= 11 is 0. The number of carbonyl (C=O) groups excluding carboxylic acids is 1. The summed E-state index contributed by atoms with van der Waals surface area (Å²) < 4.78 is 12.5. The van der Waals surface area contributed by atoms with Crippen LogP contribution in [0, 0.1) is 20.8 Å². The number of aromatic nitrogens is 4. The summed E-state index contributed by atoms with van der Waals surface area (Å²) in [5.74, 6) is 0.934. The van der Waals surface area contributed by atoms with Crippen LogP contribution >= 0.6 is 0 Å². The van der Waals surface area contributed by atoms with Gasteiger partial charge in [-0.05, 0) is 56.5 Å². The number of hydrogen-bond donors (Lipinski definition) is 1. The van der Waals surface area contributed by atoms with Gasteiger partial charge in [0.1, 0.15) is 0 Å². The summed E-state index contributed by atoms with van der Waals surface area (Å²) in [6.07, 6.45) is 0.691. The average molecular weight is 446 g/mol. The van der Waals surface area contributed by atoms with Crippen molar-refractivity contribution in [1.29, 1.82) is 0 Å². The molecule has 33 heavy (non-hydrogen) atoms. The van der Waals surface area contributed by atoms with Crippen LogP contribution in [0.2, 0.25) is 0 Å². The lowest BCUT2D eigenvalue weighted by Crippen LogP contribution is -2.19. The lowest BCUT2D eigenvalue weighted by Gasteiger charge is -2.11. The number of ether oxygens (including phenoxy) is 2. The standard InChI is InChI=1S/C25H27N5O3/c1-7-18-22(17-9-11-20(32-5)21(13-17)33-6)24-28-27-23(16(4)30(24)29-18)25(31)26-19-10-8-14(2)12-15(19)3/h8-13H,7H2,1-6H3,(H,26,31). The zero-order valence-electron chi connectivity index (χ0n) is 19.7. The first kappa shape index (κ1) is 22.3. The Balaban J connectivity index is 1.78. The molecule has 0 aliphatic heterocycles. The minimum absolute atomic E-state index is 0.228. The molecule has 2 aromatic carbocycles. The van der Waals surface area contributed by atoms with Crippen LogP contribution in [0.1, 0.15) is 39.9 Å². The number of nitrogens with one attached hydrogen (secondary N) is 1. The Bertz CT molecular complexity index is 1360. The number of carbonyl (C=O) groups is 1. The predicted molar refractivity (Wildman–Crippen MR) is 127 cm³/mol. The van der Waals surface area contributed by atoms with Crippen LogP contribution < -0.4 is 14.8 Å². The highest BCUT2D eigenvalue weighted by atomic mass is 16.5. The van der Waals surface area contributed by atoms with Crippen molar-refractivity contribution < 1.29 is 14.3 Å². The van der Waals surface area contributed by atoms with E-state index in [0.717, 1.165) is 33.6 Å². The molecule has 8 nitrogen and oxygen atoms in total. The van der Waals surface area contributed by atoms with E-state index in [4.69, 9.17) is 14.6 Å². The van der Waals surface area contributed by atoms with Gasteiger partial charge in [0.15, 0.2) is 22.8 Å². The second-order valence-corrected chi connectivity index (χ2v) is 7.89. The highest BCUT2D eigenvalue weighted by Gasteiger charge is 2.22. The fourth-order valence-electron chi connectivity index (χ4n) is 3.93. The Morgan fingerprint density at radius 3 is 2.42 bits per heavy atom. The Morgan fingerprint density at radius 2 is 1.76 bits per heavy atom. The van der Waals surface area contributed by atoms with Crippen molar-refractivity contribution in [3.05, 3.63) is 64.6 Å². The van der Waals surface area contributed by atoms with E-state index >= 15 is 0 Å². The van der Waals surface area contributed by atoms with Gasteiger partial charge in [0.2, 0.25) is 0 Å². The number of methoxy groups -OCH3 is 2. The number of fused-ring (bicyclic) bond motifs is 1. The van der Waals surface area contributed by atoms with Crippen LogP contribution in [-0.2, 0) is 6.42 Å². The molecule has 4 rings (SSSR count). The Kier molecular flexibility index (Phi) is 6.00. The Labute approximate surface area is 192 Å². The zero-order chi connectivity index (χ0) is 23.7. The van der Waals surface area contributed by atoms with E-state index in [1.54, 1.807) is 18.7 Å². The summed E-state index contributed by atoms with van der Waals surface area (Å²) in [6, 6.07) is 11.6. The number of rotatable bonds is 6. The summed E-state index contributed by atoms with van der Waals surface area (Å²) in [7, 11) is 3.20. The van der Waals surface area contributed by atoms with Crippen molar-refractivity contribution >= 4 is 17.2 Å². The lowest BCUT2D eigenvalue weighted by atomic mass is 10.0. The maximum atomic E-state index is 13.0. The van der Waals surface area contributed by atoms with Gasteiger partial charge in [-0.2, -0.15) is 5.10 Å². The molecule has 0 aliphatic rings. The number of hydrogen-bond acceptors (Lipinski definition) is 6. The van der Waals surface area contributed by atoms with Gasteiger partial charge in [-0.3, -0.25) is 4.79 Å². The second-order valence-electron chi connectivity index (χ2n) is 7.89. The smallest absolute Gasteiger partial charge is 0.278 e. The van der Waals surface area contributed by atoms with Gasteiger partial charge < -0.3 is 14.8 Å². The van der Waals surface area contributed by atoms with Crippen LogP contribution in [0.5, 0.6) is 11.5 Å². The highest BCUT2D eigenvalue weighted by Crippen LogP contribution is 2.35. The van der Waals surface area contributed by atoms with Crippen LogP contribution in [-0.4, -0.2) is 39.9 Å². The lowest BCUT2D eigenvalue weighted by molar-refractivity contribution is 0.102. The van der Waals surface area contributed by atoms with Gasteiger partial charge in [0.25, 0.3) is 5.91 Å². The van der Waals surface area contributed by atoms with E-state index in [9.17, 15) is 4.79 Å². The summed E-state index contributed by atoms with van der Waals surface area (Å²) in [5.41, 5.74) is 6.89. The first-order valence-corrected chi connectivity index (χ1v) is 10.7. The van der Waals surface area contributed by atoms with E-state index in [-0.39, 0.29) is 11.6 Å². The van der Waals surface area contributed by atoms with Crippen molar-refractivity contribution in [3.63, 3.8) is 0 Å². The summed E-state index contributed by atoms with van der Waals surface area (Å²) in [5, 5.41) is 16.4. The average Bonchev–Trinajstić information content (AvgIpc) is 3.20. The van der Waals surface area contributed by atoms with E-state index < -0.39 is 0 Å². The molecule has 0 bridgehead atoms. The number of aryl methyl sites for hydroxylation is 4. The van der Waals surface area contributed by atoms with Gasteiger partial charge in [0.05, 0.1) is 31.2 Å². The largest absolute Gasteiger partial charge is 0.493 e. The third-order valence-electron chi connectivity index (χ3n) is 5.69. The molecule has 0 aliphatic carbocycles. The topological polar surface area (TPSA) is 90.6 Å². The van der Waals surface area contributed by atoms with Crippen LogP contribution in [0.3, 0.4) is 0 Å². The minimum atomic E-state index is -0.324. The van der Waals surface area contributed by atoms with Gasteiger partial charge in [-0.1, -0.05) is 30.7 Å². The van der Waals surface area contributed by atoms with Crippen molar-refractivity contribution in [2.24, 2.45) is 0 Å². The molecule has 1 N–H and O–H groups in total. The highest BCUT2D eigenvalue weighted by molar-refractivity contribution is 6.04. The molecule has 1 amide bonds. The zero-order valence-corrected chi connectivity index (χ0v) is 19.7. The molecule has 170 valence electrons. The maximum Gasteiger partial charge on any atom is 0.278 e. The molecule has 0 fully saturated rings. The Morgan fingerprint density at radius 1 is 1.00 bits per heavy atom. The van der Waals surface area contributed by atoms with E-state index in [1.807, 2.05) is 64.1 Å². The third-order valence-corrected chi connectivity index (χ3v) is 5.69. The molecular formula is C25H27N5O3. The number of amides is 1. The fourth-order valence-corrected chi connectivity index (χ4v) is 3.93. The SMILES string of the molecule is CCc1nn2c(C)c(C(=O)Nc3ccc(C)cc3C)nnc2c1-c1ccc(OC)c(OC)c1. The van der Waals surface area contributed by atoms with Gasteiger partial charge in [0, 0.05) is 5.69 Å². The summed E-state index contributed by atoms with van der Waals surface area (Å²) in [6.45, 7) is 7.83. The van der Waals surface area contributed by atoms with Crippen molar-refractivity contribution in [2.45, 2.75) is 34.1 Å². The summed E-state index contributed by atoms with van der Waals surface area (Å²) in [4.78, 5) is 13.0. The molecule has 4 aromatic rings. The third kappa shape index (κ3) is 4.00. The normalized spacial score (nSPS) is 11.0. The van der Waals surface area contributed by atoms with Crippen molar-refractivity contribution in [1.82, 2.24) is 19.8 Å². The maximum absolute atomic E-state index is 13.0. The number of nitrogens with zero attached hydrogens (tertiary/aromatic N) is 4. The van der Waals surface area contributed by atoms with Crippen LogP contribution in [0.4, 0.5) is 5.69 Å². The molecular weight excluding hydrogens is 418 g/mol. The monoisotopic (exact) mass is 445 g/mol. The van der Waals surface area contributed by atoms with Crippen molar-refractivity contribution in [2.75, 3.05) is 19.5 Å². The molecule has 2 heterocycles. The van der Waals surface area contributed by atoms with Crippen molar-refractivity contribution in [3.8, 4) is 22.6 Å². The quantitative estimate of drug-likeness (QED) is 0.468. The molecule has 0 atom stereocenters. The van der Waals surface area contributed by atoms with E-state index in [1.165, 1.54) is 0 Å². The Hall–Kier alpha value is -3.94. The molecule has 0 spiro atoms. The minimum Gasteiger partial charge on any atom is -0.493 e. The molecule has 0 saturated heterocycles. The molecule has 0 unspecified atom stereocenters. The first-order valence-electron chi connectivity index (χ1n) is 10.7. The number of anilines is 1. The van der Waals surface area contributed by atoms with Gasteiger partial charge >= 0.3 is 0 Å². The first-order chi connectivity index (χ1) is 15.9. The van der Waals surface area contributed by atoms with E-state index in [0.29, 0.717) is 29.3 Å². The predicted octanol–water partition coefficient (Wildman–Crippen LogP) is 4.55. The molecule has 8 heteroatoms. The number of benzene rings is 2. The van der Waals surface area contributed by atoms with E-state index in [2.05, 4.69) is 15.5 Å².